The van der Waals surface area contributed by atoms with Gasteiger partial charge in [-0.1, -0.05) is 42.5 Å². The number of hydrogen-bond acceptors (Lipinski definition) is 6. The van der Waals surface area contributed by atoms with Gasteiger partial charge in [-0.15, -0.1) is 0 Å². The Morgan fingerprint density at radius 1 is 1.07 bits per heavy atom. The van der Waals surface area contributed by atoms with Crippen LogP contribution in [0.3, 0.4) is 0 Å². The average molecular weight is 560 g/mol. The molecule has 6 rings (SSSR count). The van der Waals surface area contributed by atoms with Crippen LogP contribution in [0.15, 0.2) is 71.7 Å². The van der Waals surface area contributed by atoms with Gasteiger partial charge >= 0.3 is 12.7 Å². The van der Waals surface area contributed by atoms with Crippen molar-refractivity contribution in [3.8, 4) is 16.9 Å². The highest BCUT2D eigenvalue weighted by molar-refractivity contribution is 5.97. The van der Waals surface area contributed by atoms with Crippen LogP contribution < -0.4 is 15.3 Å². The molecule has 8 nitrogen and oxygen atoms in total. The number of rotatable bonds is 7. The van der Waals surface area contributed by atoms with E-state index >= 15 is 0 Å². The van der Waals surface area contributed by atoms with E-state index in [9.17, 15) is 28.3 Å². The second-order valence-corrected chi connectivity index (χ2v) is 10.3. The van der Waals surface area contributed by atoms with Gasteiger partial charge in [-0.3, -0.25) is 9.69 Å². The van der Waals surface area contributed by atoms with Crippen LogP contribution in [0.4, 0.5) is 13.6 Å². The number of amides is 1. The summed E-state index contributed by atoms with van der Waals surface area (Å²) < 4.78 is 39.5. The minimum atomic E-state index is -3.19. The number of hydrogen-bond donors (Lipinski definition) is 0. The smallest absolute Gasteiger partial charge is 0.410 e. The molecule has 10 heteroatoms. The van der Waals surface area contributed by atoms with Crippen LogP contribution in [0.1, 0.15) is 58.9 Å². The summed E-state index contributed by atoms with van der Waals surface area (Å²) in [7, 11) is 0. The number of carboxylic acid groups (broad SMARTS) is 1. The van der Waals surface area contributed by atoms with Crippen LogP contribution in [0.25, 0.3) is 22.0 Å². The summed E-state index contributed by atoms with van der Waals surface area (Å²) >= 11 is 0. The molecule has 2 aliphatic rings. The molecule has 1 aromatic heterocycles. The van der Waals surface area contributed by atoms with Gasteiger partial charge in [0.1, 0.15) is 6.61 Å². The second kappa shape index (κ2) is 10.3. The van der Waals surface area contributed by atoms with E-state index in [4.69, 9.17) is 9.47 Å². The first kappa shape index (κ1) is 26.5. The quantitative estimate of drug-likeness (QED) is 0.309. The number of carbonyl (C=O) groups excluding carboxylic acids is 2. The van der Waals surface area contributed by atoms with Crippen molar-refractivity contribution in [1.82, 2.24) is 9.47 Å². The number of halogens is 2. The van der Waals surface area contributed by atoms with E-state index in [-0.39, 0.29) is 41.9 Å². The third kappa shape index (κ3) is 4.90. The molecule has 1 saturated carbocycles. The molecule has 1 fully saturated rings. The maximum Gasteiger partial charge on any atom is 0.410 e. The molecule has 3 aromatic carbocycles. The third-order valence-corrected chi connectivity index (χ3v) is 7.67. The van der Waals surface area contributed by atoms with Crippen molar-refractivity contribution in [1.29, 1.82) is 0 Å². The van der Waals surface area contributed by atoms with Crippen LogP contribution >= 0.6 is 0 Å². The van der Waals surface area contributed by atoms with Crippen LogP contribution in [0.5, 0.6) is 5.75 Å². The minimum absolute atomic E-state index is 0.0416. The lowest BCUT2D eigenvalue weighted by Crippen LogP contribution is -2.30. The van der Waals surface area contributed by atoms with E-state index in [0.717, 1.165) is 22.9 Å². The lowest BCUT2D eigenvalue weighted by Gasteiger charge is -2.21. The number of benzene rings is 3. The molecule has 2 heterocycles. The molecule has 1 unspecified atom stereocenters. The number of aromatic carboxylic acids is 1. The molecule has 1 aliphatic heterocycles. The summed E-state index contributed by atoms with van der Waals surface area (Å²) in [4.78, 5) is 39.1. The monoisotopic (exact) mass is 559 g/mol. The van der Waals surface area contributed by atoms with Gasteiger partial charge in [0.25, 0.3) is 0 Å². The van der Waals surface area contributed by atoms with Gasteiger partial charge in [0.2, 0.25) is 0 Å². The van der Waals surface area contributed by atoms with Gasteiger partial charge in [0.15, 0.2) is 11.2 Å². The zero-order valence-electron chi connectivity index (χ0n) is 22.0. The number of fused-ring (bicyclic) bond motifs is 2. The molecular weight excluding hydrogens is 534 g/mol. The van der Waals surface area contributed by atoms with Crippen LogP contribution in [-0.4, -0.2) is 28.1 Å². The van der Waals surface area contributed by atoms with Gasteiger partial charge in [-0.2, -0.15) is 8.78 Å². The summed E-state index contributed by atoms with van der Waals surface area (Å²) in [6.45, 7) is -0.900. The van der Waals surface area contributed by atoms with Crippen molar-refractivity contribution < 1.29 is 33.0 Å². The number of alkyl halides is 2. The Hall–Kier alpha value is -4.73. The number of carbonyl (C=O) groups is 2. The number of ether oxygens (including phenoxy) is 2. The lowest BCUT2D eigenvalue weighted by atomic mass is 9.96. The summed E-state index contributed by atoms with van der Waals surface area (Å²) in [5.41, 5.74) is 2.20. The van der Waals surface area contributed by atoms with E-state index in [1.807, 2.05) is 49.4 Å². The third-order valence-electron chi connectivity index (χ3n) is 7.67. The molecule has 0 radical (unpaired) electrons. The lowest BCUT2D eigenvalue weighted by molar-refractivity contribution is -0.255. The van der Waals surface area contributed by atoms with Crippen molar-refractivity contribution in [3.63, 3.8) is 0 Å². The Kier molecular flexibility index (Phi) is 6.69. The van der Waals surface area contributed by atoms with Crippen molar-refractivity contribution in [3.05, 3.63) is 99.3 Å². The predicted octanol–water partition coefficient (Wildman–Crippen LogP) is 5.18. The Bertz CT molecular complexity index is 1730. The van der Waals surface area contributed by atoms with Gasteiger partial charge in [0, 0.05) is 24.3 Å². The number of pyridine rings is 1. The Morgan fingerprint density at radius 3 is 2.51 bits per heavy atom. The van der Waals surface area contributed by atoms with Gasteiger partial charge in [-0.05, 0) is 60.2 Å². The summed E-state index contributed by atoms with van der Waals surface area (Å²) in [6.07, 6.45) is 2.10. The standard InChI is InChI=1S/C31H26F2N2O6/c1-17-22-10-7-19(13-20(22)14-34(17)31(39)40-16-18-5-3-2-4-6-18)23-11-12-24-26(28(23)41-30(32)33)35(21-8-9-21)15-25(27(24)36)29(37)38/h2-7,10-13,15,17,21,30H,8-9,14,16H2,1H3,(H,37,38)/p-1. The topological polar surface area (TPSA) is 101 Å². The van der Waals surface area contributed by atoms with Gasteiger partial charge < -0.3 is 23.9 Å². The number of nitrogens with zero attached hydrogens (tertiary/aromatic N) is 2. The molecule has 1 atom stereocenters. The summed E-state index contributed by atoms with van der Waals surface area (Å²) in [6, 6.07) is 17.2. The summed E-state index contributed by atoms with van der Waals surface area (Å²) in [5.74, 6) is -1.84. The fourth-order valence-electron chi connectivity index (χ4n) is 5.47. The Morgan fingerprint density at radius 2 is 1.83 bits per heavy atom. The Balaban J connectivity index is 1.38. The maximum absolute atomic E-state index is 13.7. The molecule has 0 N–H and O–H groups in total. The van der Waals surface area contributed by atoms with E-state index < -0.39 is 29.7 Å². The Labute approximate surface area is 233 Å². The molecule has 210 valence electrons. The molecule has 0 saturated heterocycles. The first-order valence-corrected chi connectivity index (χ1v) is 13.2. The second-order valence-electron chi connectivity index (χ2n) is 10.3. The van der Waals surface area contributed by atoms with Crippen molar-refractivity contribution in [2.24, 2.45) is 0 Å². The normalized spacial score (nSPS) is 16.2. The first-order chi connectivity index (χ1) is 19.7. The number of carboxylic acids is 1. The molecule has 0 spiro atoms. The van der Waals surface area contributed by atoms with E-state index in [2.05, 4.69) is 0 Å². The van der Waals surface area contributed by atoms with E-state index in [1.54, 1.807) is 11.0 Å². The predicted molar refractivity (Wildman–Crippen MR) is 143 cm³/mol. The van der Waals surface area contributed by atoms with Crippen LogP contribution in [0, 0.1) is 0 Å². The molecule has 0 bridgehead atoms. The van der Waals surface area contributed by atoms with Gasteiger partial charge in [-0.25, -0.2) is 4.79 Å². The highest BCUT2D eigenvalue weighted by Crippen LogP contribution is 2.44. The summed E-state index contributed by atoms with van der Waals surface area (Å²) in [5, 5.41) is 11.6. The fraction of sp³-hybridized carbons (Fsp3) is 0.258. The van der Waals surface area contributed by atoms with Crippen LogP contribution in [-0.2, 0) is 17.9 Å². The molecule has 41 heavy (non-hydrogen) atoms. The van der Waals surface area contributed by atoms with Crippen molar-refractivity contribution >= 4 is 23.0 Å². The molecule has 1 amide bonds. The average Bonchev–Trinajstić information content (AvgIpc) is 3.75. The van der Waals surface area contributed by atoms with Crippen LogP contribution in [0.2, 0.25) is 0 Å². The fourth-order valence-corrected chi connectivity index (χ4v) is 5.47. The SMILES string of the molecule is CC1c2ccc(-c3ccc4c(=O)c(C(=O)[O-])cn(C5CC5)c4c3OC(F)F)cc2CN1C(=O)OCc1ccccc1. The maximum atomic E-state index is 13.7. The van der Waals surface area contributed by atoms with Crippen molar-refractivity contribution in [2.75, 3.05) is 0 Å². The zero-order chi connectivity index (χ0) is 28.8. The minimum Gasteiger partial charge on any atom is -0.545 e. The van der Waals surface area contributed by atoms with Gasteiger partial charge in [0.05, 0.1) is 28.5 Å². The molecule has 1 aliphatic carbocycles. The highest BCUT2D eigenvalue weighted by Gasteiger charge is 2.33. The largest absolute Gasteiger partial charge is 0.545 e. The highest BCUT2D eigenvalue weighted by atomic mass is 19.3. The molecular formula is C31H25F2N2O6-. The van der Waals surface area contributed by atoms with Crippen molar-refractivity contribution in [2.45, 2.75) is 51.6 Å². The number of aromatic nitrogens is 1. The zero-order valence-corrected chi connectivity index (χ0v) is 22.0. The van der Waals surface area contributed by atoms with E-state index in [1.165, 1.54) is 16.7 Å². The molecule has 4 aromatic rings. The first-order valence-electron chi connectivity index (χ1n) is 13.2. The van der Waals surface area contributed by atoms with E-state index in [0.29, 0.717) is 24.0 Å².